The quantitative estimate of drug-likeness (QED) is 0.815. The average molecular weight is 308 g/mol. The molecule has 0 bridgehead atoms. The van der Waals surface area contributed by atoms with Crippen LogP contribution >= 0.6 is 39.0 Å². The molecule has 0 fully saturated rings. The molecule has 0 amide bonds. The van der Waals surface area contributed by atoms with Crippen LogP contribution in [-0.2, 0) is 0 Å². The molecule has 3 nitrogen and oxygen atoms in total. The number of halogens is 1. The summed E-state index contributed by atoms with van der Waals surface area (Å²) in [4.78, 5) is 0. The standard InChI is InChI=1S/C9H14BrN3S2/c1-6(2)4-11-8-12-13-9(15-8)14-5-7(3)10/h6H,3-5H2,1-2H3,(H,11,12). The molecular formula is C9H14BrN3S2. The Morgan fingerprint density at radius 2 is 2.33 bits per heavy atom. The zero-order valence-corrected chi connectivity index (χ0v) is 12.0. The highest BCUT2D eigenvalue weighted by Crippen LogP contribution is 2.27. The van der Waals surface area contributed by atoms with Crippen molar-refractivity contribution in [3.05, 3.63) is 11.1 Å². The van der Waals surface area contributed by atoms with Crippen LogP contribution in [0.15, 0.2) is 15.4 Å². The minimum absolute atomic E-state index is 0.618. The van der Waals surface area contributed by atoms with Gasteiger partial charge < -0.3 is 5.32 Å². The molecule has 0 aromatic carbocycles. The third-order valence-corrected chi connectivity index (χ3v) is 4.17. The van der Waals surface area contributed by atoms with Crippen molar-refractivity contribution in [2.45, 2.75) is 18.2 Å². The number of anilines is 1. The molecule has 0 aliphatic rings. The third kappa shape index (κ3) is 5.53. The lowest BCUT2D eigenvalue weighted by atomic mass is 10.2. The predicted octanol–water partition coefficient (Wildman–Crippen LogP) is 3.61. The summed E-state index contributed by atoms with van der Waals surface area (Å²) in [6.07, 6.45) is 0. The number of rotatable bonds is 6. The molecule has 0 aliphatic heterocycles. The van der Waals surface area contributed by atoms with Crippen molar-refractivity contribution < 1.29 is 0 Å². The van der Waals surface area contributed by atoms with Crippen LogP contribution in [0.4, 0.5) is 5.13 Å². The Morgan fingerprint density at radius 3 is 2.93 bits per heavy atom. The monoisotopic (exact) mass is 307 g/mol. The highest BCUT2D eigenvalue weighted by molar-refractivity contribution is 9.11. The molecule has 0 spiro atoms. The second kappa shape index (κ2) is 6.50. The van der Waals surface area contributed by atoms with Gasteiger partial charge in [-0.2, -0.15) is 0 Å². The molecule has 1 aromatic rings. The maximum atomic E-state index is 4.07. The highest BCUT2D eigenvalue weighted by atomic mass is 79.9. The first-order valence-corrected chi connectivity index (χ1v) is 7.21. The Kier molecular flexibility index (Phi) is 5.63. The molecule has 0 radical (unpaired) electrons. The average Bonchev–Trinajstić information content (AvgIpc) is 2.59. The molecular weight excluding hydrogens is 294 g/mol. The fourth-order valence-electron chi connectivity index (χ4n) is 0.771. The van der Waals surface area contributed by atoms with Crippen molar-refractivity contribution in [1.29, 1.82) is 0 Å². The largest absolute Gasteiger partial charge is 0.360 e. The fourth-order valence-corrected chi connectivity index (χ4v) is 2.63. The van der Waals surface area contributed by atoms with Gasteiger partial charge in [-0.15, -0.1) is 10.2 Å². The minimum atomic E-state index is 0.618. The molecule has 0 unspecified atom stereocenters. The summed E-state index contributed by atoms with van der Waals surface area (Å²) < 4.78 is 1.95. The number of nitrogens with one attached hydrogen (secondary N) is 1. The van der Waals surface area contributed by atoms with E-state index in [9.17, 15) is 0 Å². The van der Waals surface area contributed by atoms with E-state index in [0.717, 1.165) is 26.3 Å². The van der Waals surface area contributed by atoms with Crippen molar-refractivity contribution >= 4 is 44.2 Å². The molecule has 6 heteroatoms. The molecule has 1 N–H and O–H groups in total. The van der Waals surface area contributed by atoms with Gasteiger partial charge in [0.2, 0.25) is 5.13 Å². The molecule has 0 saturated heterocycles. The summed E-state index contributed by atoms with van der Waals surface area (Å²) in [7, 11) is 0. The number of hydrogen-bond acceptors (Lipinski definition) is 5. The number of nitrogens with zero attached hydrogens (tertiary/aromatic N) is 2. The van der Waals surface area contributed by atoms with Crippen LogP contribution < -0.4 is 5.32 Å². The van der Waals surface area contributed by atoms with Gasteiger partial charge in [-0.25, -0.2) is 0 Å². The molecule has 84 valence electrons. The second-order valence-corrected chi connectivity index (χ2v) is 6.78. The normalized spacial score (nSPS) is 10.7. The van der Waals surface area contributed by atoms with E-state index < -0.39 is 0 Å². The molecule has 15 heavy (non-hydrogen) atoms. The summed E-state index contributed by atoms with van der Waals surface area (Å²) in [6.45, 7) is 9.04. The smallest absolute Gasteiger partial charge is 0.206 e. The first kappa shape index (κ1) is 13.0. The van der Waals surface area contributed by atoms with E-state index in [1.807, 2.05) is 0 Å². The van der Waals surface area contributed by atoms with E-state index in [-0.39, 0.29) is 0 Å². The molecule has 0 saturated carbocycles. The zero-order chi connectivity index (χ0) is 11.3. The maximum absolute atomic E-state index is 4.07. The van der Waals surface area contributed by atoms with Crippen LogP contribution in [0.3, 0.4) is 0 Å². The van der Waals surface area contributed by atoms with Gasteiger partial charge in [-0.05, 0) is 10.4 Å². The van der Waals surface area contributed by atoms with E-state index in [4.69, 9.17) is 0 Å². The van der Waals surface area contributed by atoms with E-state index in [0.29, 0.717) is 5.92 Å². The molecule has 0 atom stereocenters. The number of aromatic nitrogens is 2. The van der Waals surface area contributed by atoms with Gasteiger partial charge in [0.25, 0.3) is 0 Å². The Morgan fingerprint density at radius 1 is 1.60 bits per heavy atom. The van der Waals surface area contributed by atoms with Crippen molar-refractivity contribution in [3.8, 4) is 0 Å². The van der Waals surface area contributed by atoms with Crippen molar-refractivity contribution in [2.75, 3.05) is 17.6 Å². The van der Waals surface area contributed by atoms with Crippen LogP contribution in [0, 0.1) is 5.92 Å². The zero-order valence-electron chi connectivity index (χ0n) is 8.79. The van der Waals surface area contributed by atoms with Gasteiger partial charge in [-0.3, -0.25) is 0 Å². The summed E-state index contributed by atoms with van der Waals surface area (Å²) in [5.74, 6) is 1.45. The maximum Gasteiger partial charge on any atom is 0.206 e. The van der Waals surface area contributed by atoms with Gasteiger partial charge >= 0.3 is 0 Å². The third-order valence-electron chi connectivity index (χ3n) is 1.42. The van der Waals surface area contributed by atoms with Gasteiger partial charge in [0.15, 0.2) is 4.34 Å². The molecule has 1 heterocycles. The number of hydrogen-bond donors (Lipinski definition) is 1. The Hall–Kier alpha value is -0.0700. The lowest BCUT2D eigenvalue weighted by molar-refractivity contribution is 0.687. The van der Waals surface area contributed by atoms with Crippen LogP contribution in [0.2, 0.25) is 0 Å². The van der Waals surface area contributed by atoms with Gasteiger partial charge in [0, 0.05) is 12.3 Å². The Balaban J connectivity index is 2.38. The van der Waals surface area contributed by atoms with Crippen molar-refractivity contribution in [3.63, 3.8) is 0 Å². The minimum Gasteiger partial charge on any atom is -0.360 e. The lowest BCUT2D eigenvalue weighted by Crippen LogP contribution is -2.07. The van der Waals surface area contributed by atoms with Crippen LogP contribution in [-0.4, -0.2) is 22.5 Å². The van der Waals surface area contributed by atoms with Crippen molar-refractivity contribution in [2.24, 2.45) is 5.92 Å². The summed E-state index contributed by atoms with van der Waals surface area (Å²) in [5, 5.41) is 12.3. The molecule has 0 aliphatic carbocycles. The van der Waals surface area contributed by atoms with E-state index in [1.165, 1.54) is 0 Å². The van der Waals surface area contributed by atoms with E-state index in [1.54, 1.807) is 23.1 Å². The van der Waals surface area contributed by atoms with Crippen LogP contribution in [0.1, 0.15) is 13.8 Å². The second-order valence-electron chi connectivity index (χ2n) is 3.45. The van der Waals surface area contributed by atoms with Gasteiger partial charge in [-0.1, -0.05) is 59.5 Å². The Labute approximate surface area is 107 Å². The topological polar surface area (TPSA) is 37.8 Å². The molecule has 1 rings (SSSR count). The van der Waals surface area contributed by atoms with Gasteiger partial charge in [0.1, 0.15) is 0 Å². The first-order valence-electron chi connectivity index (χ1n) is 4.61. The predicted molar refractivity (Wildman–Crippen MR) is 72.0 cm³/mol. The lowest BCUT2D eigenvalue weighted by Gasteiger charge is -2.03. The van der Waals surface area contributed by atoms with E-state index in [2.05, 4.69) is 51.9 Å². The number of thioether (sulfide) groups is 1. The fraction of sp³-hybridized carbons (Fsp3) is 0.556. The van der Waals surface area contributed by atoms with Crippen LogP contribution in [0.5, 0.6) is 0 Å². The Bertz CT molecular complexity index is 325. The summed E-state index contributed by atoms with van der Waals surface area (Å²) >= 11 is 6.54. The van der Waals surface area contributed by atoms with Crippen molar-refractivity contribution in [1.82, 2.24) is 10.2 Å². The van der Waals surface area contributed by atoms with Gasteiger partial charge in [0.05, 0.1) is 0 Å². The van der Waals surface area contributed by atoms with Crippen LogP contribution in [0.25, 0.3) is 0 Å². The molecule has 1 aromatic heterocycles. The summed E-state index contributed by atoms with van der Waals surface area (Å²) in [5.41, 5.74) is 0. The first-order chi connectivity index (χ1) is 7.08. The summed E-state index contributed by atoms with van der Waals surface area (Å²) in [6, 6.07) is 0. The SMILES string of the molecule is C=C(Br)CSc1nnc(NCC(C)C)s1. The highest BCUT2D eigenvalue weighted by Gasteiger charge is 2.04. The van der Waals surface area contributed by atoms with E-state index >= 15 is 0 Å².